The van der Waals surface area contributed by atoms with E-state index in [-0.39, 0.29) is 11.8 Å². The molecule has 2 rings (SSSR count). The van der Waals surface area contributed by atoms with E-state index in [0.717, 1.165) is 5.69 Å². The molecule has 138 valence electrons. The zero-order valence-electron chi connectivity index (χ0n) is 15.8. The van der Waals surface area contributed by atoms with Gasteiger partial charge in [-0.05, 0) is 48.2 Å². The summed E-state index contributed by atoms with van der Waals surface area (Å²) in [6.45, 7) is 8.43. The lowest BCUT2D eigenvalue weighted by Gasteiger charge is -2.17. The summed E-state index contributed by atoms with van der Waals surface area (Å²) < 4.78 is 0. The summed E-state index contributed by atoms with van der Waals surface area (Å²) in [7, 11) is 0. The van der Waals surface area contributed by atoms with Crippen LogP contribution < -0.4 is 16.0 Å². The average molecular weight is 353 g/mol. The van der Waals surface area contributed by atoms with Crippen molar-refractivity contribution in [3.63, 3.8) is 0 Å². The van der Waals surface area contributed by atoms with Crippen molar-refractivity contribution >= 4 is 28.9 Å². The maximum atomic E-state index is 12.1. The normalized spacial score (nSPS) is 10.5. The lowest BCUT2D eigenvalue weighted by atomic mass is 9.98. The number of nitrogens with one attached hydrogen (secondary N) is 3. The Labute approximate surface area is 155 Å². The second-order valence-electron chi connectivity index (χ2n) is 6.68. The van der Waals surface area contributed by atoms with E-state index in [9.17, 15) is 9.59 Å². The van der Waals surface area contributed by atoms with Crippen LogP contribution in [-0.2, 0) is 9.59 Å². The fourth-order valence-electron chi connectivity index (χ4n) is 2.78. The van der Waals surface area contributed by atoms with E-state index in [1.54, 1.807) is 24.3 Å². The maximum absolute atomic E-state index is 12.1. The molecule has 0 aliphatic heterocycles. The van der Waals surface area contributed by atoms with Gasteiger partial charge in [-0.25, -0.2) is 0 Å². The fourth-order valence-corrected chi connectivity index (χ4v) is 2.78. The number of carbonyl (C=O) groups is 2. The largest absolute Gasteiger partial charge is 0.384 e. The third-order valence-corrected chi connectivity index (χ3v) is 4.07. The van der Waals surface area contributed by atoms with Crippen molar-refractivity contribution in [3.05, 3.63) is 53.6 Å². The van der Waals surface area contributed by atoms with Gasteiger partial charge in [0.1, 0.15) is 0 Å². The van der Waals surface area contributed by atoms with Gasteiger partial charge in [-0.2, -0.15) is 0 Å². The summed E-state index contributed by atoms with van der Waals surface area (Å²) in [6, 6.07) is 13.3. The van der Waals surface area contributed by atoms with Gasteiger partial charge in [-0.1, -0.05) is 32.0 Å². The Morgan fingerprint density at radius 3 is 2.15 bits per heavy atom. The maximum Gasteiger partial charge on any atom is 0.226 e. The highest BCUT2D eigenvalue weighted by molar-refractivity contribution is 5.92. The molecule has 0 radical (unpaired) electrons. The minimum Gasteiger partial charge on any atom is -0.384 e. The number of aryl methyl sites for hydroxylation is 1. The molecular weight excluding hydrogens is 326 g/mol. The molecule has 5 nitrogen and oxygen atoms in total. The standard InChI is InChI=1S/C21H27N3O2/c1-14(2)19-7-5-6-15(3)21(19)22-13-12-20(26)24-18-10-8-17(9-11-18)23-16(4)25/h5-11,14,22H,12-13H2,1-4H3,(H,23,25)(H,24,26). The first kappa shape index (κ1) is 19.5. The van der Waals surface area contributed by atoms with Gasteiger partial charge in [0.25, 0.3) is 0 Å². The smallest absolute Gasteiger partial charge is 0.226 e. The highest BCUT2D eigenvalue weighted by Crippen LogP contribution is 2.27. The summed E-state index contributed by atoms with van der Waals surface area (Å²) in [5, 5.41) is 8.97. The van der Waals surface area contributed by atoms with Crippen LogP contribution >= 0.6 is 0 Å². The molecule has 0 aromatic heterocycles. The first-order valence-electron chi connectivity index (χ1n) is 8.87. The lowest BCUT2D eigenvalue weighted by Crippen LogP contribution is -2.17. The molecule has 0 fully saturated rings. The molecule has 0 saturated carbocycles. The molecule has 0 heterocycles. The number of rotatable bonds is 7. The third-order valence-electron chi connectivity index (χ3n) is 4.07. The Kier molecular flexibility index (Phi) is 6.78. The molecule has 2 aromatic rings. The van der Waals surface area contributed by atoms with Crippen molar-refractivity contribution in [2.45, 2.75) is 40.0 Å². The lowest BCUT2D eigenvalue weighted by molar-refractivity contribution is -0.116. The molecule has 0 aliphatic rings. The number of benzene rings is 2. The first-order chi connectivity index (χ1) is 12.4. The van der Waals surface area contributed by atoms with E-state index in [4.69, 9.17) is 0 Å². The highest BCUT2D eigenvalue weighted by atomic mass is 16.2. The van der Waals surface area contributed by atoms with Gasteiger partial charge in [0.2, 0.25) is 11.8 Å². The van der Waals surface area contributed by atoms with Crippen molar-refractivity contribution in [2.24, 2.45) is 0 Å². The number of hydrogen-bond donors (Lipinski definition) is 3. The summed E-state index contributed by atoms with van der Waals surface area (Å²) >= 11 is 0. The van der Waals surface area contributed by atoms with Crippen LogP contribution in [0.4, 0.5) is 17.1 Å². The molecule has 3 N–H and O–H groups in total. The molecular formula is C21H27N3O2. The Hall–Kier alpha value is -2.82. The number of hydrogen-bond acceptors (Lipinski definition) is 3. The monoisotopic (exact) mass is 353 g/mol. The van der Waals surface area contributed by atoms with Crippen LogP contribution in [0.25, 0.3) is 0 Å². The Balaban J connectivity index is 1.87. The molecule has 0 aliphatic carbocycles. The van der Waals surface area contributed by atoms with Gasteiger partial charge < -0.3 is 16.0 Å². The van der Waals surface area contributed by atoms with E-state index in [1.165, 1.54) is 18.1 Å². The topological polar surface area (TPSA) is 70.2 Å². The molecule has 0 saturated heterocycles. The van der Waals surface area contributed by atoms with Crippen LogP contribution in [-0.4, -0.2) is 18.4 Å². The van der Waals surface area contributed by atoms with Crippen LogP contribution in [0.1, 0.15) is 44.2 Å². The molecule has 0 atom stereocenters. The SMILES string of the molecule is CC(=O)Nc1ccc(NC(=O)CCNc2c(C)cccc2C(C)C)cc1. The number of amides is 2. The summed E-state index contributed by atoms with van der Waals surface area (Å²) in [5.74, 6) is 0.252. The Bertz CT molecular complexity index is 767. The summed E-state index contributed by atoms with van der Waals surface area (Å²) in [5.41, 5.74) is 4.99. The second kappa shape index (κ2) is 9.04. The first-order valence-corrected chi connectivity index (χ1v) is 8.87. The number of carbonyl (C=O) groups excluding carboxylic acids is 2. The van der Waals surface area contributed by atoms with Crippen LogP contribution in [0.2, 0.25) is 0 Å². The van der Waals surface area contributed by atoms with E-state index in [2.05, 4.69) is 54.9 Å². The highest BCUT2D eigenvalue weighted by Gasteiger charge is 2.09. The minimum atomic E-state index is -0.121. The molecule has 26 heavy (non-hydrogen) atoms. The zero-order chi connectivity index (χ0) is 19.1. The van der Waals surface area contributed by atoms with E-state index >= 15 is 0 Å². The Morgan fingerprint density at radius 2 is 1.58 bits per heavy atom. The Morgan fingerprint density at radius 1 is 0.962 bits per heavy atom. The van der Waals surface area contributed by atoms with Crippen molar-refractivity contribution in [1.82, 2.24) is 0 Å². The van der Waals surface area contributed by atoms with Gasteiger partial charge >= 0.3 is 0 Å². The second-order valence-corrected chi connectivity index (χ2v) is 6.68. The quantitative estimate of drug-likeness (QED) is 0.685. The van der Waals surface area contributed by atoms with Crippen molar-refractivity contribution in [3.8, 4) is 0 Å². The van der Waals surface area contributed by atoms with Crippen LogP contribution in [0, 0.1) is 6.92 Å². The van der Waals surface area contributed by atoms with Gasteiger partial charge in [0.15, 0.2) is 0 Å². The number of para-hydroxylation sites is 1. The molecule has 2 amide bonds. The van der Waals surface area contributed by atoms with Crippen molar-refractivity contribution in [1.29, 1.82) is 0 Å². The van der Waals surface area contributed by atoms with E-state index < -0.39 is 0 Å². The van der Waals surface area contributed by atoms with Crippen LogP contribution in [0.3, 0.4) is 0 Å². The van der Waals surface area contributed by atoms with Gasteiger partial charge in [0.05, 0.1) is 0 Å². The van der Waals surface area contributed by atoms with E-state index in [1.807, 2.05) is 0 Å². The predicted octanol–water partition coefficient (Wildman–Crippen LogP) is 4.52. The van der Waals surface area contributed by atoms with Gasteiger partial charge in [-0.15, -0.1) is 0 Å². The van der Waals surface area contributed by atoms with E-state index in [0.29, 0.717) is 30.3 Å². The fraction of sp³-hybridized carbons (Fsp3) is 0.333. The molecule has 0 bridgehead atoms. The van der Waals surface area contributed by atoms with Crippen LogP contribution in [0.15, 0.2) is 42.5 Å². The summed E-state index contributed by atoms with van der Waals surface area (Å²) in [6.07, 6.45) is 0.374. The molecule has 5 heteroatoms. The summed E-state index contributed by atoms with van der Waals surface area (Å²) in [4.78, 5) is 23.2. The predicted molar refractivity (Wildman–Crippen MR) is 108 cm³/mol. The third kappa shape index (κ3) is 5.62. The molecule has 2 aromatic carbocycles. The van der Waals surface area contributed by atoms with Crippen molar-refractivity contribution in [2.75, 3.05) is 22.5 Å². The van der Waals surface area contributed by atoms with Crippen LogP contribution in [0.5, 0.6) is 0 Å². The zero-order valence-corrected chi connectivity index (χ0v) is 15.8. The molecule has 0 spiro atoms. The average Bonchev–Trinajstić information content (AvgIpc) is 2.57. The van der Waals surface area contributed by atoms with Gasteiger partial charge in [-0.3, -0.25) is 9.59 Å². The minimum absolute atomic E-state index is 0.0514. The number of anilines is 3. The molecule has 0 unspecified atom stereocenters. The van der Waals surface area contributed by atoms with Gasteiger partial charge in [0, 0.05) is 37.0 Å². The van der Waals surface area contributed by atoms with Crippen molar-refractivity contribution < 1.29 is 9.59 Å².